The summed E-state index contributed by atoms with van der Waals surface area (Å²) in [5.41, 5.74) is 3.52. The van der Waals surface area contributed by atoms with Crippen LogP contribution < -0.4 is 4.74 Å². The number of ether oxygens (including phenoxy) is 1. The van der Waals surface area contributed by atoms with Gasteiger partial charge in [-0.05, 0) is 42.7 Å². The smallest absolute Gasteiger partial charge is 0.126 e. The summed E-state index contributed by atoms with van der Waals surface area (Å²) >= 11 is 1.76. The first-order valence-electron chi connectivity index (χ1n) is 7.75. The third-order valence-corrected chi connectivity index (χ3v) is 5.29. The molecular formula is C20H24O2S. The number of hydrogen-bond acceptors (Lipinski definition) is 3. The van der Waals surface area contributed by atoms with Crippen molar-refractivity contribution in [2.75, 3.05) is 12.9 Å². The Bertz CT molecular complexity index is 660. The zero-order valence-electron chi connectivity index (χ0n) is 14.3. The molecule has 2 rings (SSSR count). The van der Waals surface area contributed by atoms with E-state index in [-0.39, 0.29) is 5.41 Å². The molecule has 0 amide bonds. The highest BCUT2D eigenvalue weighted by Gasteiger charge is 2.17. The van der Waals surface area contributed by atoms with Crippen molar-refractivity contribution >= 4 is 18.0 Å². The van der Waals surface area contributed by atoms with Crippen molar-refractivity contribution in [1.82, 2.24) is 0 Å². The molecule has 0 unspecified atom stereocenters. The maximum Gasteiger partial charge on any atom is 0.126 e. The Kier molecular flexibility index (Phi) is 5.89. The number of thioether (sulfide) groups is 1. The molecule has 0 saturated carbocycles. The van der Waals surface area contributed by atoms with Gasteiger partial charge in [-0.25, -0.2) is 0 Å². The van der Waals surface area contributed by atoms with E-state index in [1.165, 1.54) is 21.6 Å². The highest BCUT2D eigenvalue weighted by molar-refractivity contribution is 7.99. The van der Waals surface area contributed by atoms with Crippen LogP contribution in [0.4, 0.5) is 0 Å². The maximum atomic E-state index is 11.1. The second kappa shape index (κ2) is 7.69. The van der Waals surface area contributed by atoms with Crippen LogP contribution in [-0.4, -0.2) is 19.1 Å². The summed E-state index contributed by atoms with van der Waals surface area (Å²) in [4.78, 5) is 12.4. The predicted molar refractivity (Wildman–Crippen MR) is 97.5 cm³/mol. The van der Waals surface area contributed by atoms with Gasteiger partial charge in [0.25, 0.3) is 0 Å². The van der Waals surface area contributed by atoms with Crippen molar-refractivity contribution in [3.63, 3.8) is 0 Å². The summed E-state index contributed by atoms with van der Waals surface area (Å²) in [7, 11) is 1.68. The van der Waals surface area contributed by atoms with Gasteiger partial charge in [0, 0.05) is 16.1 Å². The highest BCUT2D eigenvalue weighted by Crippen LogP contribution is 2.31. The Morgan fingerprint density at radius 3 is 2.43 bits per heavy atom. The highest BCUT2D eigenvalue weighted by atomic mass is 32.2. The Morgan fingerprint density at radius 1 is 1.13 bits per heavy atom. The molecule has 2 aromatic carbocycles. The van der Waals surface area contributed by atoms with Gasteiger partial charge in [-0.1, -0.05) is 43.7 Å². The van der Waals surface area contributed by atoms with E-state index in [0.29, 0.717) is 0 Å². The van der Waals surface area contributed by atoms with E-state index in [2.05, 4.69) is 37.3 Å². The second-order valence-corrected chi connectivity index (χ2v) is 7.55. The minimum absolute atomic E-state index is 0.299. The van der Waals surface area contributed by atoms with Crippen LogP contribution in [0.5, 0.6) is 5.75 Å². The molecule has 0 aliphatic carbocycles. The first kappa shape index (κ1) is 17.6. The van der Waals surface area contributed by atoms with Gasteiger partial charge in [0.15, 0.2) is 0 Å². The molecule has 0 saturated heterocycles. The van der Waals surface area contributed by atoms with Crippen LogP contribution in [0.15, 0.2) is 47.4 Å². The fourth-order valence-corrected chi connectivity index (χ4v) is 3.32. The first-order chi connectivity index (χ1) is 10.9. The van der Waals surface area contributed by atoms with E-state index >= 15 is 0 Å². The van der Waals surface area contributed by atoms with E-state index in [1.54, 1.807) is 18.9 Å². The van der Waals surface area contributed by atoms with Crippen LogP contribution in [0.1, 0.15) is 30.5 Å². The minimum Gasteiger partial charge on any atom is -0.497 e. The topological polar surface area (TPSA) is 26.3 Å². The van der Waals surface area contributed by atoms with Gasteiger partial charge in [0.1, 0.15) is 12.0 Å². The monoisotopic (exact) mass is 328 g/mol. The SMILES string of the molecule is COc1ccc(Cc2cc(C)ccc2SCC(C)(C)C=O)cc1. The van der Waals surface area contributed by atoms with E-state index in [1.807, 2.05) is 26.0 Å². The number of aldehydes is 1. The number of carbonyl (C=O) groups is 1. The number of methoxy groups -OCH3 is 1. The Morgan fingerprint density at radius 2 is 1.83 bits per heavy atom. The number of rotatable bonds is 7. The van der Waals surface area contributed by atoms with Crippen LogP contribution >= 0.6 is 11.8 Å². The van der Waals surface area contributed by atoms with Crippen LogP contribution in [0.3, 0.4) is 0 Å². The quantitative estimate of drug-likeness (QED) is 0.533. The van der Waals surface area contributed by atoms with Crippen LogP contribution in [0.25, 0.3) is 0 Å². The van der Waals surface area contributed by atoms with E-state index < -0.39 is 0 Å². The van der Waals surface area contributed by atoms with E-state index in [0.717, 1.165) is 24.2 Å². The van der Waals surface area contributed by atoms with Gasteiger partial charge in [0.2, 0.25) is 0 Å². The molecule has 3 heteroatoms. The van der Waals surface area contributed by atoms with Crippen molar-refractivity contribution in [2.45, 2.75) is 32.1 Å². The summed E-state index contributed by atoms with van der Waals surface area (Å²) in [5, 5.41) is 0. The van der Waals surface area contributed by atoms with Crippen molar-refractivity contribution in [2.24, 2.45) is 5.41 Å². The Hall–Kier alpha value is -1.74. The fraction of sp³-hybridized carbons (Fsp3) is 0.350. The summed E-state index contributed by atoms with van der Waals surface area (Å²) < 4.78 is 5.21. The molecule has 2 aromatic rings. The molecule has 0 atom stereocenters. The maximum absolute atomic E-state index is 11.1. The fourth-order valence-electron chi connectivity index (χ4n) is 2.25. The lowest BCUT2D eigenvalue weighted by molar-refractivity contribution is -0.113. The average molecular weight is 328 g/mol. The van der Waals surface area contributed by atoms with E-state index in [9.17, 15) is 4.79 Å². The van der Waals surface area contributed by atoms with Crippen LogP contribution in [0, 0.1) is 12.3 Å². The molecule has 2 nitrogen and oxygen atoms in total. The second-order valence-electron chi connectivity index (χ2n) is 6.53. The van der Waals surface area contributed by atoms with Crippen molar-refractivity contribution in [1.29, 1.82) is 0 Å². The normalized spacial score (nSPS) is 11.3. The zero-order chi connectivity index (χ0) is 16.9. The van der Waals surface area contributed by atoms with Gasteiger partial charge < -0.3 is 9.53 Å². The first-order valence-corrected chi connectivity index (χ1v) is 8.74. The predicted octanol–water partition coefficient (Wildman–Crippen LogP) is 4.91. The summed E-state index contributed by atoms with van der Waals surface area (Å²) in [5.74, 6) is 1.66. The lowest BCUT2D eigenvalue weighted by Gasteiger charge is -2.18. The van der Waals surface area contributed by atoms with Gasteiger partial charge in [0.05, 0.1) is 7.11 Å². The Balaban J connectivity index is 2.19. The Labute approximate surface area is 143 Å². The molecule has 0 aliphatic rings. The number of aryl methyl sites for hydroxylation is 1. The molecule has 23 heavy (non-hydrogen) atoms. The van der Waals surface area contributed by atoms with Gasteiger partial charge in [-0.3, -0.25) is 0 Å². The van der Waals surface area contributed by atoms with E-state index in [4.69, 9.17) is 4.74 Å². The third-order valence-electron chi connectivity index (χ3n) is 3.69. The summed E-state index contributed by atoms with van der Waals surface area (Å²) in [6, 6.07) is 14.7. The average Bonchev–Trinajstić information content (AvgIpc) is 2.55. The van der Waals surface area contributed by atoms with Crippen molar-refractivity contribution in [3.05, 3.63) is 59.2 Å². The molecule has 122 valence electrons. The summed E-state index contributed by atoms with van der Waals surface area (Å²) in [6.07, 6.45) is 1.92. The standard InChI is InChI=1S/C20H24O2S/c1-15-5-10-19(23-14-20(2,3)13-21)17(11-15)12-16-6-8-18(22-4)9-7-16/h5-11,13H,12,14H2,1-4H3. The zero-order valence-corrected chi connectivity index (χ0v) is 15.1. The van der Waals surface area contributed by atoms with Crippen LogP contribution in [0.2, 0.25) is 0 Å². The number of hydrogen-bond donors (Lipinski definition) is 0. The number of carbonyl (C=O) groups excluding carboxylic acids is 1. The molecule has 0 fully saturated rings. The summed E-state index contributed by atoms with van der Waals surface area (Å²) in [6.45, 7) is 6.07. The lowest BCUT2D eigenvalue weighted by atomic mass is 10.00. The lowest BCUT2D eigenvalue weighted by Crippen LogP contribution is -2.16. The molecular weight excluding hydrogens is 304 g/mol. The molecule has 0 N–H and O–H groups in total. The van der Waals surface area contributed by atoms with Crippen molar-refractivity contribution < 1.29 is 9.53 Å². The molecule has 0 spiro atoms. The number of benzene rings is 2. The molecule has 0 aromatic heterocycles. The largest absolute Gasteiger partial charge is 0.497 e. The van der Waals surface area contributed by atoms with Crippen LogP contribution in [-0.2, 0) is 11.2 Å². The van der Waals surface area contributed by atoms with Gasteiger partial charge in [-0.2, -0.15) is 0 Å². The van der Waals surface area contributed by atoms with Gasteiger partial charge >= 0.3 is 0 Å². The molecule has 0 aliphatic heterocycles. The molecule has 0 radical (unpaired) electrons. The molecule has 0 bridgehead atoms. The van der Waals surface area contributed by atoms with Gasteiger partial charge in [-0.15, -0.1) is 11.8 Å². The van der Waals surface area contributed by atoms with Crippen molar-refractivity contribution in [3.8, 4) is 5.75 Å². The minimum atomic E-state index is -0.299. The molecule has 0 heterocycles. The third kappa shape index (κ3) is 5.14.